The first-order valence-corrected chi connectivity index (χ1v) is 9.36. The van der Waals surface area contributed by atoms with E-state index in [0.717, 1.165) is 38.0 Å². The second-order valence-electron chi connectivity index (χ2n) is 6.18. The highest BCUT2D eigenvalue weighted by Crippen LogP contribution is 2.35. The number of hydrogen-bond acceptors (Lipinski definition) is 2. The number of aromatic nitrogens is 1. The molecule has 1 heterocycles. The van der Waals surface area contributed by atoms with E-state index in [9.17, 15) is 0 Å². The summed E-state index contributed by atoms with van der Waals surface area (Å²) in [5, 5.41) is 9.01. The lowest BCUT2D eigenvalue weighted by Gasteiger charge is -2.13. The minimum atomic E-state index is 0.645. The average molecular weight is 411 g/mol. The van der Waals surface area contributed by atoms with E-state index in [-0.39, 0.29) is 0 Å². The number of pyridine rings is 1. The van der Waals surface area contributed by atoms with Crippen molar-refractivity contribution < 1.29 is 0 Å². The second-order valence-corrected chi connectivity index (χ2v) is 7.10. The standard InChI is InChI=1S/C24H15BrN2/c25-21-8-4-7-20(13-21)22-14-24(19-11-9-17(15-26)10-12-19)27-16-23(22)18-5-2-1-3-6-18/h1-14,16H. The zero-order valence-electron chi connectivity index (χ0n) is 14.4. The molecular formula is C24H15BrN2. The third-order valence-corrected chi connectivity index (χ3v) is 4.93. The number of hydrogen-bond donors (Lipinski definition) is 0. The monoisotopic (exact) mass is 410 g/mol. The number of benzene rings is 3. The van der Waals surface area contributed by atoms with Gasteiger partial charge < -0.3 is 0 Å². The van der Waals surface area contributed by atoms with Crippen LogP contribution in [0, 0.1) is 11.3 Å². The Balaban J connectivity index is 1.89. The molecule has 2 nitrogen and oxygen atoms in total. The third-order valence-electron chi connectivity index (χ3n) is 4.43. The number of halogens is 1. The maximum Gasteiger partial charge on any atom is 0.0991 e. The quantitative estimate of drug-likeness (QED) is 0.375. The molecule has 0 aliphatic heterocycles. The SMILES string of the molecule is N#Cc1ccc(-c2cc(-c3cccc(Br)c3)c(-c3ccccc3)cn2)cc1. The van der Waals surface area contributed by atoms with Crippen LogP contribution in [0.2, 0.25) is 0 Å². The van der Waals surface area contributed by atoms with Gasteiger partial charge in [0.1, 0.15) is 0 Å². The maximum absolute atomic E-state index is 9.01. The van der Waals surface area contributed by atoms with Crippen LogP contribution in [-0.4, -0.2) is 4.98 Å². The van der Waals surface area contributed by atoms with E-state index in [1.54, 1.807) is 0 Å². The van der Waals surface area contributed by atoms with E-state index in [4.69, 9.17) is 10.2 Å². The van der Waals surface area contributed by atoms with Crippen molar-refractivity contribution in [2.75, 3.05) is 0 Å². The van der Waals surface area contributed by atoms with Gasteiger partial charge >= 0.3 is 0 Å². The van der Waals surface area contributed by atoms with Crippen molar-refractivity contribution in [1.29, 1.82) is 5.26 Å². The highest BCUT2D eigenvalue weighted by Gasteiger charge is 2.11. The molecule has 0 fully saturated rings. The molecule has 0 unspecified atom stereocenters. The van der Waals surface area contributed by atoms with E-state index in [1.807, 2.05) is 60.8 Å². The van der Waals surface area contributed by atoms with Gasteiger partial charge in [-0.05, 0) is 47.0 Å². The summed E-state index contributed by atoms with van der Waals surface area (Å²) < 4.78 is 1.04. The van der Waals surface area contributed by atoms with Crippen LogP contribution in [0.1, 0.15) is 5.56 Å². The molecule has 27 heavy (non-hydrogen) atoms. The van der Waals surface area contributed by atoms with Gasteiger partial charge in [-0.1, -0.05) is 70.5 Å². The molecule has 0 aliphatic carbocycles. The van der Waals surface area contributed by atoms with Crippen LogP contribution >= 0.6 is 15.9 Å². The largest absolute Gasteiger partial charge is 0.256 e. The predicted molar refractivity (Wildman–Crippen MR) is 113 cm³/mol. The van der Waals surface area contributed by atoms with Crippen molar-refractivity contribution in [2.45, 2.75) is 0 Å². The summed E-state index contributed by atoms with van der Waals surface area (Å²) in [5.41, 5.74) is 6.99. The van der Waals surface area contributed by atoms with Gasteiger partial charge in [-0.25, -0.2) is 0 Å². The van der Waals surface area contributed by atoms with E-state index in [0.29, 0.717) is 5.56 Å². The smallest absolute Gasteiger partial charge is 0.0991 e. The molecule has 0 N–H and O–H groups in total. The first-order chi connectivity index (χ1) is 13.2. The van der Waals surface area contributed by atoms with E-state index in [1.165, 1.54) is 0 Å². The Bertz CT molecular complexity index is 1130. The molecule has 3 aromatic carbocycles. The maximum atomic E-state index is 9.01. The van der Waals surface area contributed by atoms with Crippen LogP contribution in [0.4, 0.5) is 0 Å². The van der Waals surface area contributed by atoms with Crippen molar-refractivity contribution in [2.24, 2.45) is 0 Å². The first kappa shape index (κ1) is 17.2. The first-order valence-electron chi connectivity index (χ1n) is 8.56. The Morgan fingerprint density at radius 3 is 2.15 bits per heavy atom. The van der Waals surface area contributed by atoms with Crippen molar-refractivity contribution in [1.82, 2.24) is 4.98 Å². The Morgan fingerprint density at radius 2 is 1.44 bits per heavy atom. The van der Waals surface area contributed by atoms with Gasteiger partial charge in [-0.15, -0.1) is 0 Å². The summed E-state index contributed by atoms with van der Waals surface area (Å²) in [6.45, 7) is 0. The molecule has 4 aromatic rings. The van der Waals surface area contributed by atoms with Crippen molar-refractivity contribution in [3.05, 3.63) is 101 Å². The molecule has 4 rings (SSSR count). The van der Waals surface area contributed by atoms with Crippen molar-refractivity contribution in [3.8, 4) is 39.6 Å². The van der Waals surface area contributed by atoms with Gasteiger partial charge in [0.2, 0.25) is 0 Å². The lowest BCUT2D eigenvalue weighted by Crippen LogP contribution is -1.91. The molecule has 0 amide bonds. The second kappa shape index (κ2) is 7.57. The summed E-state index contributed by atoms with van der Waals surface area (Å²) in [5.74, 6) is 0. The molecule has 1 aromatic heterocycles. The Morgan fingerprint density at radius 1 is 0.704 bits per heavy atom. The van der Waals surface area contributed by atoms with E-state index >= 15 is 0 Å². The van der Waals surface area contributed by atoms with Gasteiger partial charge in [0.15, 0.2) is 0 Å². The molecule has 128 valence electrons. The fraction of sp³-hybridized carbons (Fsp3) is 0. The van der Waals surface area contributed by atoms with Crippen molar-refractivity contribution in [3.63, 3.8) is 0 Å². The molecule has 0 bridgehead atoms. The molecule has 0 aliphatic rings. The van der Waals surface area contributed by atoms with Crippen LogP contribution < -0.4 is 0 Å². The highest BCUT2D eigenvalue weighted by atomic mass is 79.9. The fourth-order valence-electron chi connectivity index (χ4n) is 3.07. The van der Waals surface area contributed by atoms with Gasteiger partial charge in [-0.3, -0.25) is 4.98 Å². The molecule has 3 heteroatoms. The topological polar surface area (TPSA) is 36.7 Å². The summed E-state index contributed by atoms with van der Waals surface area (Å²) in [4.78, 5) is 4.69. The molecule has 0 saturated heterocycles. The minimum absolute atomic E-state index is 0.645. The number of rotatable bonds is 3. The molecule has 0 saturated carbocycles. The Labute approximate surface area is 166 Å². The number of nitriles is 1. The zero-order chi connectivity index (χ0) is 18.6. The number of nitrogens with zero attached hydrogens (tertiary/aromatic N) is 2. The zero-order valence-corrected chi connectivity index (χ0v) is 16.0. The van der Waals surface area contributed by atoms with Crippen LogP contribution in [-0.2, 0) is 0 Å². The van der Waals surface area contributed by atoms with Crippen LogP contribution in [0.15, 0.2) is 95.6 Å². The van der Waals surface area contributed by atoms with E-state index in [2.05, 4.69) is 52.3 Å². The highest BCUT2D eigenvalue weighted by molar-refractivity contribution is 9.10. The van der Waals surface area contributed by atoms with Gasteiger partial charge in [0.25, 0.3) is 0 Å². The van der Waals surface area contributed by atoms with Gasteiger partial charge in [0, 0.05) is 21.8 Å². The van der Waals surface area contributed by atoms with Crippen LogP contribution in [0.25, 0.3) is 33.5 Å². The minimum Gasteiger partial charge on any atom is -0.256 e. The Hall–Kier alpha value is -3.22. The normalized spacial score (nSPS) is 10.4. The molecular weight excluding hydrogens is 396 g/mol. The summed E-state index contributed by atoms with van der Waals surface area (Å²) in [7, 11) is 0. The van der Waals surface area contributed by atoms with Crippen LogP contribution in [0.5, 0.6) is 0 Å². The summed E-state index contributed by atoms with van der Waals surface area (Å²) in [6.07, 6.45) is 1.93. The summed E-state index contributed by atoms with van der Waals surface area (Å²) in [6, 6.07) is 30.4. The fourth-order valence-corrected chi connectivity index (χ4v) is 3.47. The molecule has 0 atom stereocenters. The molecule has 0 spiro atoms. The summed E-state index contributed by atoms with van der Waals surface area (Å²) >= 11 is 3.57. The third kappa shape index (κ3) is 3.67. The average Bonchev–Trinajstić information content (AvgIpc) is 2.74. The lowest BCUT2D eigenvalue weighted by molar-refractivity contribution is 1.32. The van der Waals surface area contributed by atoms with E-state index < -0.39 is 0 Å². The lowest BCUT2D eigenvalue weighted by atomic mass is 9.94. The Kier molecular flexibility index (Phi) is 4.82. The van der Waals surface area contributed by atoms with Crippen molar-refractivity contribution >= 4 is 15.9 Å². The van der Waals surface area contributed by atoms with Gasteiger partial charge in [-0.2, -0.15) is 5.26 Å². The predicted octanol–water partition coefficient (Wildman–Crippen LogP) is 6.72. The van der Waals surface area contributed by atoms with Crippen LogP contribution in [0.3, 0.4) is 0 Å². The molecule has 0 radical (unpaired) electrons. The van der Waals surface area contributed by atoms with Gasteiger partial charge in [0.05, 0.1) is 17.3 Å².